The molecule has 0 saturated carbocycles. The number of anilines is 1. The molecule has 0 fully saturated rings. The largest absolute Gasteiger partial charge is 0.301 e. The van der Waals surface area contributed by atoms with Gasteiger partial charge in [-0.1, -0.05) is 29.4 Å². The summed E-state index contributed by atoms with van der Waals surface area (Å²) in [5.41, 5.74) is 0.825. The van der Waals surface area contributed by atoms with E-state index in [0.717, 1.165) is 10.6 Å². The van der Waals surface area contributed by atoms with Gasteiger partial charge in [0.05, 0.1) is 24.2 Å². The van der Waals surface area contributed by atoms with Crippen molar-refractivity contribution in [2.75, 3.05) is 16.3 Å². The maximum Gasteiger partial charge on any atom is 0.232 e. The average molecular weight is 495 g/mol. The van der Waals surface area contributed by atoms with E-state index in [9.17, 15) is 17.6 Å². The zero-order valence-electron chi connectivity index (χ0n) is 17.1. The highest BCUT2D eigenvalue weighted by Crippen LogP contribution is 2.24. The number of sulfonamides is 1. The molecule has 0 N–H and O–H groups in total. The summed E-state index contributed by atoms with van der Waals surface area (Å²) in [4.78, 5) is 12.5. The van der Waals surface area contributed by atoms with Gasteiger partial charge < -0.3 is 4.57 Å². The molecule has 0 atom stereocenters. The van der Waals surface area contributed by atoms with Crippen molar-refractivity contribution in [1.29, 1.82) is 0 Å². The zero-order valence-corrected chi connectivity index (χ0v) is 19.5. The number of nitrogens with zero attached hydrogens (tertiary/aromatic N) is 4. The predicted octanol–water partition coefficient (Wildman–Crippen LogP) is 4.20. The first-order valence-corrected chi connectivity index (χ1v) is 12.6. The molecule has 0 unspecified atom stereocenters. The molecule has 168 valence electrons. The first kappa shape index (κ1) is 24.0. The first-order valence-electron chi connectivity index (χ1n) is 9.37. The molecule has 0 aliphatic heterocycles. The number of benzene rings is 2. The fourth-order valence-corrected chi connectivity index (χ4v) is 4.68. The third-order valence-corrected chi connectivity index (χ3v) is 6.76. The van der Waals surface area contributed by atoms with Gasteiger partial charge >= 0.3 is 0 Å². The minimum atomic E-state index is -3.68. The van der Waals surface area contributed by atoms with Crippen LogP contribution < -0.4 is 4.31 Å². The number of halogens is 2. The van der Waals surface area contributed by atoms with Crippen LogP contribution in [0.15, 0.2) is 66.3 Å². The number of rotatable bonds is 10. The van der Waals surface area contributed by atoms with Gasteiger partial charge in [-0.25, -0.2) is 12.8 Å². The Kier molecular flexibility index (Phi) is 7.70. The SMILES string of the molecule is C=CCn1c(CN(c2ccc(F)cc2)S(C)(=O)=O)nnc1SCC(=O)c1ccc(Cl)cc1. The highest BCUT2D eigenvalue weighted by atomic mass is 35.5. The molecule has 2 aromatic carbocycles. The number of ketones is 1. The zero-order chi connectivity index (χ0) is 23.3. The number of hydrogen-bond donors (Lipinski definition) is 0. The Balaban J connectivity index is 1.82. The van der Waals surface area contributed by atoms with Gasteiger partial charge in [0.25, 0.3) is 0 Å². The second-order valence-corrected chi connectivity index (χ2v) is 10.0. The standard InChI is InChI=1S/C21H20ClFN4O3S2/c1-3-12-26-20(13-27(32(2,29)30)18-10-8-17(23)9-11-18)24-25-21(26)31-14-19(28)15-4-6-16(22)7-5-15/h3-11H,1,12-14H2,2H3. The Hall–Kier alpha value is -2.69. The molecule has 0 aliphatic rings. The normalized spacial score (nSPS) is 11.3. The van der Waals surface area contributed by atoms with Crippen molar-refractivity contribution in [2.24, 2.45) is 0 Å². The molecule has 7 nitrogen and oxygen atoms in total. The van der Waals surface area contributed by atoms with Crippen LogP contribution in [0, 0.1) is 5.82 Å². The lowest BCUT2D eigenvalue weighted by Crippen LogP contribution is -2.30. The van der Waals surface area contributed by atoms with Gasteiger partial charge in [-0.3, -0.25) is 9.10 Å². The number of Topliss-reactive ketones (excluding diaryl/α,β-unsaturated/α-hetero) is 1. The Morgan fingerprint density at radius 3 is 2.44 bits per heavy atom. The molecule has 11 heteroatoms. The third-order valence-electron chi connectivity index (χ3n) is 4.40. The molecule has 0 aliphatic carbocycles. The van der Waals surface area contributed by atoms with Gasteiger partial charge in [0.1, 0.15) is 5.82 Å². The van der Waals surface area contributed by atoms with Gasteiger partial charge in [0.15, 0.2) is 16.8 Å². The predicted molar refractivity (Wildman–Crippen MR) is 124 cm³/mol. The van der Waals surface area contributed by atoms with Crippen LogP contribution in [-0.4, -0.2) is 41.0 Å². The van der Waals surface area contributed by atoms with Crippen LogP contribution in [0.1, 0.15) is 16.2 Å². The minimum absolute atomic E-state index is 0.106. The van der Waals surface area contributed by atoms with Crippen LogP contribution in [-0.2, 0) is 23.1 Å². The van der Waals surface area contributed by atoms with E-state index in [0.29, 0.717) is 33.8 Å². The molecule has 0 radical (unpaired) electrons. The molecule has 0 amide bonds. The van der Waals surface area contributed by atoms with Gasteiger partial charge in [-0.2, -0.15) is 0 Å². The van der Waals surface area contributed by atoms with Gasteiger partial charge in [-0.05, 0) is 48.5 Å². The van der Waals surface area contributed by atoms with Crippen LogP contribution in [0.4, 0.5) is 10.1 Å². The van der Waals surface area contributed by atoms with E-state index in [2.05, 4.69) is 16.8 Å². The summed E-state index contributed by atoms with van der Waals surface area (Å²) in [5.74, 6) is -0.0994. The molecular formula is C21H20ClFN4O3S2. The van der Waals surface area contributed by atoms with Gasteiger partial charge in [-0.15, -0.1) is 16.8 Å². The molecule has 1 aromatic heterocycles. The van der Waals surface area contributed by atoms with Crippen LogP contribution in [0.5, 0.6) is 0 Å². The van der Waals surface area contributed by atoms with E-state index in [1.165, 1.54) is 36.0 Å². The Labute approximate surface area is 195 Å². The van der Waals surface area contributed by atoms with Gasteiger partial charge in [0.2, 0.25) is 10.0 Å². The number of aromatic nitrogens is 3. The van der Waals surface area contributed by atoms with E-state index in [-0.39, 0.29) is 18.1 Å². The first-order chi connectivity index (χ1) is 15.2. The third kappa shape index (κ3) is 5.96. The smallest absolute Gasteiger partial charge is 0.232 e. The van der Waals surface area contributed by atoms with E-state index in [1.807, 2.05) is 0 Å². The Bertz CT molecular complexity index is 1210. The highest BCUT2D eigenvalue weighted by Gasteiger charge is 2.22. The van der Waals surface area contributed by atoms with Crippen molar-refractivity contribution in [2.45, 2.75) is 18.2 Å². The van der Waals surface area contributed by atoms with E-state index < -0.39 is 15.8 Å². The number of hydrogen-bond acceptors (Lipinski definition) is 6. The summed E-state index contributed by atoms with van der Waals surface area (Å²) in [6.07, 6.45) is 2.69. The number of allylic oxidation sites excluding steroid dienone is 1. The van der Waals surface area contributed by atoms with Crippen molar-refractivity contribution >= 4 is 44.9 Å². The second kappa shape index (κ2) is 10.3. The highest BCUT2D eigenvalue weighted by molar-refractivity contribution is 7.99. The summed E-state index contributed by atoms with van der Waals surface area (Å²) < 4.78 is 40.9. The molecule has 3 aromatic rings. The molecule has 3 rings (SSSR count). The average Bonchev–Trinajstić information content (AvgIpc) is 3.12. The molecule has 0 saturated heterocycles. The number of thioether (sulfide) groups is 1. The minimum Gasteiger partial charge on any atom is -0.301 e. The van der Waals surface area contributed by atoms with E-state index in [1.54, 1.807) is 34.9 Å². The van der Waals surface area contributed by atoms with Crippen molar-refractivity contribution < 1.29 is 17.6 Å². The van der Waals surface area contributed by atoms with Crippen molar-refractivity contribution in [3.63, 3.8) is 0 Å². The van der Waals surface area contributed by atoms with Crippen LogP contribution in [0.3, 0.4) is 0 Å². The number of carbonyl (C=O) groups excluding carboxylic acids is 1. The van der Waals surface area contributed by atoms with Crippen molar-refractivity contribution in [3.05, 3.63) is 83.4 Å². The van der Waals surface area contributed by atoms with Crippen LogP contribution in [0.25, 0.3) is 0 Å². The van der Waals surface area contributed by atoms with Crippen LogP contribution >= 0.6 is 23.4 Å². The molecule has 0 bridgehead atoms. The maximum absolute atomic E-state index is 13.3. The second-order valence-electron chi connectivity index (χ2n) is 6.76. The van der Waals surface area contributed by atoms with Crippen molar-refractivity contribution in [3.8, 4) is 0 Å². The quantitative estimate of drug-likeness (QED) is 0.238. The summed E-state index contributed by atoms with van der Waals surface area (Å²) in [6, 6.07) is 11.7. The Morgan fingerprint density at radius 2 is 1.84 bits per heavy atom. The summed E-state index contributed by atoms with van der Waals surface area (Å²) in [7, 11) is -3.68. The summed E-state index contributed by atoms with van der Waals surface area (Å²) >= 11 is 7.05. The molecule has 1 heterocycles. The van der Waals surface area contributed by atoms with E-state index in [4.69, 9.17) is 11.6 Å². The monoisotopic (exact) mass is 494 g/mol. The fourth-order valence-electron chi connectivity index (χ4n) is 2.84. The lowest BCUT2D eigenvalue weighted by Gasteiger charge is -2.22. The fraction of sp³-hybridized carbons (Fsp3) is 0.190. The lowest BCUT2D eigenvalue weighted by atomic mass is 10.1. The van der Waals surface area contributed by atoms with Crippen molar-refractivity contribution in [1.82, 2.24) is 14.8 Å². The maximum atomic E-state index is 13.3. The van der Waals surface area contributed by atoms with Gasteiger partial charge in [0, 0.05) is 17.1 Å². The topological polar surface area (TPSA) is 85.2 Å². The molecule has 32 heavy (non-hydrogen) atoms. The van der Waals surface area contributed by atoms with E-state index >= 15 is 0 Å². The molecule has 0 spiro atoms. The van der Waals surface area contributed by atoms with Crippen LogP contribution in [0.2, 0.25) is 5.02 Å². The number of carbonyl (C=O) groups is 1. The lowest BCUT2D eigenvalue weighted by molar-refractivity contribution is 0.102. The summed E-state index contributed by atoms with van der Waals surface area (Å²) in [5, 5.41) is 9.26. The Morgan fingerprint density at radius 1 is 1.19 bits per heavy atom. The summed E-state index contributed by atoms with van der Waals surface area (Å²) in [6.45, 7) is 3.93. The molecular weight excluding hydrogens is 475 g/mol.